The number of fused-ring (bicyclic) bond motifs is 1. The molecule has 148 valence electrons. The zero-order valence-corrected chi connectivity index (χ0v) is 16.5. The summed E-state index contributed by atoms with van der Waals surface area (Å²) in [6.45, 7) is 0. The third-order valence-corrected chi connectivity index (χ3v) is 6.09. The van der Waals surface area contributed by atoms with Gasteiger partial charge in [0.1, 0.15) is 22.5 Å². The molecule has 1 saturated carbocycles. The summed E-state index contributed by atoms with van der Waals surface area (Å²) in [4.78, 5) is 16.9. The van der Waals surface area contributed by atoms with Crippen molar-refractivity contribution < 1.29 is 14.3 Å². The maximum atomic E-state index is 12.2. The van der Waals surface area contributed by atoms with Crippen molar-refractivity contribution in [3.8, 4) is 16.7 Å². The van der Waals surface area contributed by atoms with E-state index in [-0.39, 0.29) is 24.1 Å². The molecular formula is C22H21N3O3S. The summed E-state index contributed by atoms with van der Waals surface area (Å²) in [5.74, 6) is 1.43. The zero-order valence-electron chi connectivity index (χ0n) is 15.7. The number of ether oxygens (including phenoxy) is 2. The van der Waals surface area contributed by atoms with Crippen LogP contribution in [-0.2, 0) is 6.42 Å². The van der Waals surface area contributed by atoms with Crippen molar-refractivity contribution in [3.05, 3.63) is 70.7 Å². The number of benzene rings is 2. The molecule has 0 bridgehead atoms. The lowest BCUT2D eigenvalue weighted by atomic mass is 9.97. The normalized spacial score (nSPS) is 22.3. The molecule has 2 aliphatic rings. The van der Waals surface area contributed by atoms with E-state index in [0.29, 0.717) is 15.8 Å². The van der Waals surface area contributed by atoms with Crippen LogP contribution in [0.4, 0.5) is 0 Å². The minimum Gasteiger partial charge on any atom is -0.485 e. The van der Waals surface area contributed by atoms with Gasteiger partial charge in [0.25, 0.3) is 11.1 Å². The number of carbonyl (C=O) groups excluding carboxylic acids is 1. The predicted molar refractivity (Wildman–Crippen MR) is 111 cm³/mol. The number of nitrogens with zero attached hydrogens (tertiary/aromatic N) is 1. The number of hydrogen-bond acceptors (Lipinski definition) is 6. The molecule has 6 nitrogen and oxygen atoms in total. The fourth-order valence-corrected chi connectivity index (χ4v) is 4.15. The first-order valence-corrected chi connectivity index (χ1v) is 10.5. The summed E-state index contributed by atoms with van der Waals surface area (Å²) in [5.41, 5.74) is 8.05. The molecule has 3 aromatic rings. The Morgan fingerprint density at radius 2 is 2.07 bits per heavy atom. The monoisotopic (exact) mass is 407 g/mol. The Morgan fingerprint density at radius 3 is 2.86 bits per heavy atom. The van der Waals surface area contributed by atoms with E-state index >= 15 is 0 Å². The van der Waals surface area contributed by atoms with Crippen LogP contribution < -0.4 is 20.5 Å². The molecule has 7 heteroatoms. The number of nitrogens with two attached hydrogens (primary N) is 1. The number of aryl methyl sites for hydroxylation is 1. The summed E-state index contributed by atoms with van der Waals surface area (Å²) < 4.78 is 12.1. The molecule has 1 fully saturated rings. The molecule has 1 unspecified atom stereocenters. The van der Waals surface area contributed by atoms with E-state index in [1.54, 1.807) is 0 Å². The van der Waals surface area contributed by atoms with Crippen LogP contribution in [0.5, 0.6) is 16.7 Å². The first-order valence-electron chi connectivity index (χ1n) is 9.70. The molecule has 2 aromatic carbocycles. The lowest BCUT2D eigenvalue weighted by Gasteiger charge is -2.26. The smallest absolute Gasteiger partial charge is 0.279 e. The average Bonchev–Trinajstić information content (AvgIpc) is 3.24. The minimum atomic E-state index is -0.152. The van der Waals surface area contributed by atoms with E-state index < -0.39 is 0 Å². The number of hydrogen-bond donors (Lipinski definition) is 2. The highest BCUT2D eigenvalue weighted by Crippen LogP contribution is 2.38. The Morgan fingerprint density at radius 1 is 1.24 bits per heavy atom. The van der Waals surface area contributed by atoms with Crippen LogP contribution in [0.2, 0.25) is 0 Å². The van der Waals surface area contributed by atoms with Crippen molar-refractivity contribution in [1.82, 2.24) is 10.3 Å². The topological polar surface area (TPSA) is 86.5 Å². The summed E-state index contributed by atoms with van der Waals surface area (Å²) in [5, 5.41) is 3.33. The van der Waals surface area contributed by atoms with Crippen molar-refractivity contribution >= 4 is 17.2 Å². The van der Waals surface area contributed by atoms with Crippen LogP contribution >= 0.6 is 11.3 Å². The van der Waals surface area contributed by atoms with Gasteiger partial charge in [-0.15, -0.1) is 0 Å². The van der Waals surface area contributed by atoms with Crippen molar-refractivity contribution in [1.29, 1.82) is 0 Å². The summed E-state index contributed by atoms with van der Waals surface area (Å²) in [6, 6.07) is 16.2. The van der Waals surface area contributed by atoms with Gasteiger partial charge in [0, 0.05) is 12.1 Å². The van der Waals surface area contributed by atoms with Gasteiger partial charge in [-0.25, -0.2) is 4.98 Å². The summed E-state index contributed by atoms with van der Waals surface area (Å²) in [6.07, 6.45) is 4.28. The van der Waals surface area contributed by atoms with Gasteiger partial charge in [-0.1, -0.05) is 41.7 Å². The largest absolute Gasteiger partial charge is 0.485 e. The third-order valence-electron chi connectivity index (χ3n) is 5.22. The predicted octanol–water partition coefficient (Wildman–Crippen LogP) is 3.83. The van der Waals surface area contributed by atoms with Gasteiger partial charge in [-0.05, 0) is 48.6 Å². The van der Waals surface area contributed by atoms with Crippen LogP contribution in [-0.4, -0.2) is 23.0 Å². The van der Waals surface area contributed by atoms with Gasteiger partial charge in [-0.2, -0.15) is 0 Å². The van der Waals surface area contributed by atoms with E-state index in [1.165, 1.54) is 23.1 Å². The fraction of sp³-hybridized carbons (Fsp3) is 0.273. The number of rotatable bonds is 5. The van der Waals surface area contributed by atoms with Gasteiger partial charge in [-0.3, -0.25) is 4.79 Å². The van der Waals surface area contributed by atoms with E-state index in [9.17, 15) is 4.79 Å². The van der Waals surface area contributed by atoms with Crippen molar-refractivity contribution in [2.24, 2.45) is 5.73 Å². The number of amides is 1. The van der Waals surface area contributed by atoms with Crippen LogP contribution in [0, 0.1) is 0 Å². The molecule has 3 N–H and O–H groups in total. The van der Waals surface area contributed by atoms with Gasteiger partial charge >= 0.3 is 0 Å². The third kappa shape index (κ3) is 3.97. The molecule has 0 spiro atoms. The van der Waals surface area contributed by atoms with Crippen molar-refractivity contribution in [2.45, 2.75) is 37.5 Å². The van der Waals surface area contributed by atoms with Crippen molar-refractivity contribution in [2.75, 3.05) is 0 Å². The molecule has 1 amide bonds. The summed E-state index contributed by atoms with van der Waals surface area (Å²) >= 11 is 1.22. The van der Waals surface area contributed by atoms with Crippen LogP contribution in [0.1, 0.15) is 39.7 Å². The van der Waals surface area contributed by atoms with Gasteiger partial charge in [0.2, 0.25) is 0 Å². The van der Waals surface area contributed by atoms with Gasteiger partial charge in [0.15, 0.2) is 0 Å². The molecule has 29 heavy (non-hydrogen) atoms. The quantitative estimate of drug-likeness (QED) is 0.671. The van der Waals surface area contributed by atoms with E-state index in [1.807, 2.05) is 36.4 Å². The molecule has 1 aliphatic carbocycles. The van der Waals surface area contributed by atoms with Gasteiger partial charge in [0.05, 0.1) is 6.20 Å². The highest BCUT2D eigenvalue weighted by Gasteiger charge is 2.35. The number of carbonyl (C=O) groups is 1. The van der Waals surface area contributed by atoms with E-state index in [4.69, 9.17) is 15.2 Å². The molecule has 5 rings (SSSR count). The second-order valence-corrected chi connectivity index (χ2v) is 8.39. The molecule has 0 saturated heterocycles. The van der Waals surface area contributed by atoms with Crippen LogP contribution in [0.15, 0.2) is 54.7 Å². The van der Waals surface area contributed by atoms with E-state index in [0.717, 1.165) is 30.6 Å². The Labute approximate surface area is 172 Å². The lowest BCUT2D eigenvalue weighted by Crippen LogP contribution is -2.28. The second-order valence-electron chi connectivity index (χ2n) is 7.40. The van der Waals surface area contributed by atoms with Crippen LogP contribution in [0.3, 0.4) is 0 Å². The first kappa shape index (κ1) is 18.1. The second kappa shape index (κ2) is 7.50. The van der Waals surface area contributed by atoms with Crippen molar-refractivity contribution in [3.63, 3.8) is 0 Å². The van der Waals surface area contributed by atoms with E-state index in [2.05, 4.69) is 22.4 Å². The molecule has 1 aromatic heterocycles. The van der Waals surface area contributed by atoms with Crippen LogP contribution in [0.25, 0.3) is 0 Å². The lowest BCUT2D eigenvalue weighted by molar-refractivity contribution is 0.0954. The molecule has 1 aliphatic heterocycles. The fourth-order valence-electron chi connectivity index (χ4n) is 3.46. The Balaban J connectivity index is 1.25. The maximum Gasteiger partial charge on any atom is 0.279 e. The molecule has 3 atom stereocenters. The Hall–Kier alpha value is -2.90. The highest BCUT2D eigenvalue weighted by atomic mass is 32.1. The number of thiazole rings is 1. The SMILES string of the molecule is NC1C[C@@H]1NC(=O)c1cnc(Oc2ccc3c(c2)CC[C@@H](c2ccccc2)O3)s1. The first-order chi connectivity index (χ1) is 14.2. The molecule has 2 heterocycles. The highest BCUT2D eigenvalue weighted by molar-refractivity contribution is 7.15. The molecular weight excluding hydrogens is 386 g/mol. The molecule has 0 radical (unpaired) electrons. The number of aromatic nitrogens is 1. The van der Waals surface area contributed by atoms with Gasteiger partial charge < -0.3 is 20.5 Å². The maximum absolute atomic E-state index is 12.2. The number of nitrogens with one attached hydrogen (secondary N) is 1. The Bertz CT molecular complexity index is 1040. The summed E-state index contributed by atoms with van der Waals surface area (Å²) in [7, 11) is 0. The standard InChI is InChI=1S/C22H21N3O3S/c23-16-11-17(16)25-21(26)20-12-24-22(29-20)27-15-7-9-19-14(10-15)6-8-18(28-19)13-4-2-1-3-5-13/h1-5,7,9-10,12,16-18H,6,8,11,23H2,(H,25,26)/t16?,17-,18-/m0/s1. The zero-order chi connectivity index (χ0) is 19.8. The average molecular weight is 407 g/mol. The minimum absolute atomic E-state index is 0.0711. The Kier molecular flexibility index (Phi) is 4.69.